The Balaban J connectivity index is 1.75. The lowest BCUT2D eigenvalue weighted by atomic mass is 10.2. The summed E-state index contributed by atoms with van der Waals surface area (Å²) >= 11 is 2.89. The van der Waals surface area contributed by atoms with Crippen molar-refractivity contribution in [3.63, 3.8) is 0 Å². The molecule has 128 valence electrons. The van der Waals surface area contributed by atoms with Gasteiger partial charge in [0.05, 0.1) is 5.75 Å². The lowest BCUT2D eigenvalue weighted by Crippen LogP contribution is -2.52. The van der Waals surface area contributed by atoms with E-state index in [4.69, 9.17) is 4.74 Å². The molecule has 1 saturated heterocycles. The standard InChI is InChI=1S/C14H22N4O3S2/c1-10-15-16-12(23-10)22-9-11(19)17-5-7-18(8-6-17)13(20)21-14(2,3)4/h5-9H2,1-4H3. The topological polar surface area (TPSA) is 75.6 Å². The average Bonchev–Trinajstić information content (AvgIpc) is 2.89. The van der Waals surface area contributed by atoms with Crippen LogP contribution in [0.3, 0.4) is 0 Å². The molecule has 7 nitrogen and oxygen atoms in total. The van der Waals surface area contributed by atoms with Crippen LogP contribution in [-0.4, -0.2) is 69.5 Å². The fourth-order valence-corrected chi connectivity index (χ4v) is 3.73. The summed E-state index contributed by atoms with van der Waals surface area (Å²) in [6, 6.07) is 0. The molecule has 0 N–H and O–H groups in total. The Bertz CT molecular complexity index is 563. The third-order valence-electron chi connectivity index (χ3n) is 3.11. The van der Waals surface area contributed by atoms with Gasteiger partial charge in [0, 0.05) is 26.2 Å². The Morgan fingerprint density at radius 1 is 1.17 bits per heavy atom. The van der Waals surface area contributed by atoms with Crippen LogP contribution < -0.4 is 0 Å². The van der Waals surface area contributed by atoms with Crippen LogP contribution in [0, 0.1) is 6.92 Å². The summed E-state index contributed by atoms with van der Waals surface area (Å²) < 4.78 is 6.15. The van der Waals surface area contributed by atoms with Crippen LogP contribution in [0.1, 0.15) is 25.8 Å². The first-order chi connectivity index (χ1) is 10.7. The first-order valence-corrected chi connectivity index (χ1v) is 9.23. The van der Waals surface area contributed by atoms with Crippen molar-refractivity contribution in [2.45, 2.75) is 37.6 Å². The van der Waals surface area contributed by atoms with E-state index in [1.807, 2.05) is 27.7 Å². The highest BCUT2D eigenvalue weighted by atomic mass is 32.2. The maximum atomic E-state index is 12.2. The number of carbonyl (C=O) groups is 2. The molecule has 1 fully saturated rings. The molecule has 23 heavy (non-hydrogen) atoms. The number of nitrogens with zero attached hydrogens (tertiary/aromatic N) is 4. The Hall–Kier alpha value is -1.35. The zero-order valence-electron chi connectivity index (χ0n) is 13.9. The number of hydrogen-bond acceptors (Lipinski definition) is 7. The van der Waals surface area contributed by atoms with Crippen molar-refractivity contribution >= 4 is 35.1 Å². The monoisotopic (exact) mass is 358 g/mol. The summed E-state index contributed by atoms with van der Waals surface area (Å²) in [7, 11) is 0. The minimum Gasteiger partial charge on any atom is -0.444 e. The normalized spacial score (nSPS) is 15.7. The van der Waals surface area contributed by atoms with Gasteiger partial charge in [0.2, 0.25) is 5.91 Å². The molecule has 0 aliphatic carbocycles. The van der Waals surface area contributed by atoms with Crippen LogP contribution in [0.15, 0.2) is 4.34 Å². The Labute approximate surface area is 144 Å². The molecular weight excluding hydrogens is 336 g/mol. The van der Waals surface area contributed by atoms with Gasteiger partial charge in [0.25, 0.3) is 0 Å². The second-order valence-electron chi connectivity index (χ2n) is 6.22. The Morgan fingerprint density at radius 3 is 2.30 bits per heavy atom. The number of carbonyl (C=O) groups excluding carboxylic acids is 2. The molecule has 0 atom stereocenters. The summed E-state index contributed by atoms with van der Waals surface area (Å²) in [5.41, 5.74) is -0.499. The van der Waals surface area contributed by atoms with Gasteiger partial charge >= 0.3 is 6.09 Å². The van der Waals surface area contributed by atoms with Gasteiger partial charge in [-0.2, -0.15) is 0 Å². The molecule has 1 aliphatic heterocycles. The van der Waals surface area contributed by atoms with Gasteiger partial charge in [-0.05, 0) is 27.7 Å². The van der Waals surface area contributed by atoms with Gasteiger partial charge < -0.3 is 14.5 Å². The minimum atomic E-state index is -0.499. The van der Waals surface area contributed by atoms with Crippen molar-refractivity contribution in [3.05, 3.63) is 5.01 Å². The molecule has 0 saturated carbocycles. The molecule has 1 aromatic heterocycles. The van der Waals surface area contributed by atoms with Crippen LogP contribution in [0.4, 0.5) is 4.79 Å². The van der Waals surface area contributed by atoms with Gasteiger partial charge in [-0.15, -0.1) is 10.2 Å². The average molecular weight is 358 g/mol. The summed E-state index contributed by atoms with van der Waals surface area (Å²) in [6.07, 6.45) is -0.316. The van der Waals surface area contributed by atoms with Crippen LogP contribution in [-0.2, 0) is 9.53 Å². The van der Waals surface area contributed by atoms with Gasteiger partial charge in [0.1, 0.15) is 10.6 Å². The number of aryl methyl sites for hydroxylation is 1. The number of hydrogen-bond donors (Lipinski definition) is 0. The Kier molecular flexibility index (Phi) is 5.85. The second kappa shape index (κ2) is 7.48. The lowest BCUT2D eigenvalue weighted by molar-refractivity contribution is -0.130. The number of piperazine rings is 1. The van der Waals surface area contributed by atoms with Crippen molar-refractivity contribution in [2.75, 3.05) is 31.9 Å². The Morgan fingerprint density at radius 2 is 1.78 bits per heavy atom. The molecule has 1 aromatic rings. The van der Waals surface area contributed by atoms with E-state index in [1.54, 1.807) is 9.80 Å². The first-order valence-electron chi connectivity index (χ1n) is 7.43. The molecule has 0 radical (unpaired) electrons. The van der Waals surface area contributed by atoms with Crippen LogP contribution in [0.2, 0.25) is 0 Å². The number of aromatic nitrogens is 2. The van der Waals surface area contributed by atoms with E-state index in [9.17, 15) is 9.59 Å². The smallest absolute Gasteiger partial charge is 0.410 e. The van der Waals surface area contributed by atoms with Gasteiger partial charge in [-0.1, -0.05) is 23.1 Å². The zero-order valence-corrected chi connectivity index (χ0v) is 15.5. The zero-order chi connectivity index (χ0) is 17.0. The fraction of sp³-hybridized carbons (Fsp3) is 0.714. The molecule has 0 unspecified atom stereocenters. The second-order valence-corrected chi connectivity index (χ2v) is 8.63. The fourth-order valence-electron chi connectivity index (χ4n) is 2.02. The van der Waals surface area contributed by atoms with Crippen LogP contribution in [0.5, 0.6) is 0 Å². The lowest BCUT2D eigenvalue weighted by Gasteiger charge is -2.35. The molecule has 0 bridgehead atoms. The summed E-state index contributed by atoms with van der Waals surface area (Å²) in [5, 5.41) is 8.82. The predicted octanol–water partition coefficient (Wildman–Crippen LogP) is 2.02. The van der Waals surface area contributed by atoms with Crippen molar-refractivity contribution in [2.24, 2.45) is 0 Å². The molecule has 2 heterocycles. The van der Waals surface area contributed by atoms with E-state index < -0.39 is 5.60 Å². The third kappa shape index (κ3) is 5.65. The first kappa shape index (κ1) is 18.0. The van der Waals surface area contributed by atoms with E-state index in [0.717, 1.165) is 9.35 Å². The quantitative estimate of drug-likeness (QED) is 0.770. The van der Waals surface area contributed by atoms with Crippen LogP contribution in [0.25, 0.3) is 0 Å². The van der Waals surface area contributed by atoms with Crippen LogP contribution >= 0.6 is 23.1 Å². The van der Waals surface area contributed by atoms with E-state index in [2.05, 4.69) is 10.2 Å². The molecule has 2 rings (SSSR count). The number of ether oxygens (including phenoxy) is 1. The predicted molar refractivity (Wildman–Crippen MR) is 89.8 cm³/mol. The summed E-state index contributed by atoms with van der Waals surface area (Å²) in [6.45, 7) is 9.50. The molecule has 0 aromatic carbocycles. The highest BCUT2D eigenvalue weighted by Crippen LogP contribution is 2.22. The molecular formula is C14H22N4O3S2. The van der Waals surface area contributed by atoms with E-state index in [0.29, 0.717) is 31.9 Å². The molecule has 0 spiro atoms. The number of thioether (sulfide) groups is 1. The highest BCUT2D eigenvalue weighted by Gasteiger charge is 2.27. The molecule has 2 amide bonds. The van der Waals surface area contributed by atoms with Gasteiger partial charge in [-0.25, -0.2) is 4.79 Å². The minimum absolute atomic E-state index is 0.0618. The molecule has 1 aliphatic rings. The molecule has 9 heteroatoms. The maximum Gasteiger partial charge on any atom is 0.410 e. The van der Waals surface area contributed by atoms with Crippen molar-refractivity contribution < 1.29 is 14.3 Å². The SMILES string of the molecule is Cc1nnc(SCC(=O)N2CCN(C(=O)OC(C)(C)C)CC2)s1. The van der Waals surface area contributed by atoms with Gasteiger partial charge in [0.15, 0.2) is 4.34 Å². The van der Waals surface area contributed by atoms with Crippen molar-refractivity contribution in [3.8, 4) is 0 Å². The van der Waals surface area contributed by atoms with E-state index in [-0.39, 0.29) is 12.0 Å². The number of rotatable bonds is 3. The number of amides is 2. The summed E-state index contributed by atoms with van der Waals surface area (Å²) in [5.74, 6) is 0.410. The highest BCUT2D eigenvalue weighted by molar-refractivity contribution is 8.01. The van der Waals surface area contributed by atoms with E-state index >= 15 is 0 Å². The van der Waals surface area contributed by atoms with Crippen molar-refractivity contribution in [1.82, 2.24) is 20.0 Å². The van der Waals surface area contributed by atoms with E-state index in [1.165, 1.54) is 23.1 Å². The third-order valence-corrected chi connectivity index (χ3v) is 5.07. The summed E-state index contributed by atoms with van der Waals surface area (Å²) in [4.78, 5) is 27.6. The van der Waals surface area contributed by atoms with Crippen molar-refractivity contribution in [1.29, 1.82) is 0 Å². The maximum absolute atomic E-state index is 12.2. The largest absolute Gasteiger partial charge is 0.444 e. The van der Waals surface area contributed by atoms with Gasteiger partial charge in [-0.3, -0.25) is 4.79 Å².